The summed E-state index contributed by atoms with van der Waals surface area (Å²) in [6, 6.07) is 3.65. The Labute approximate surface area is 311 Å². The van der Waals surface area contributed by atoms with Crippen LogP contribution in [-0.2, 0) is 53.1 Å². The van der Waals surface area contributed by atoms with E-state index in [1.54, 1.807) is 13.8 Å². The molecule has 1 aliphatic carbocycles. The minimum absolute atomic E-state index is 0.0681. The molecule has 0 bridgehead atoms. The average Bonchev–Trinajstić information content (AvgIpc) is 3.41. The zero-order valence-corrected chi connectivity index (χ0v) is 31.9. The molecule has 53 heavy (non-hydrogen) atoms. The van der Waals surface area contributed by atoms with Crippen LogP contribution in [0.25, 0.3) is 0 Å². The topological polar surface area (TPSA) is 201 Å². The number of carbonyl (C=O) groups excluding carboxylic acids is 4. The number of ether oxygens (including phenoxy) is 1. The zero-order chi connectivity index (χ0) is 39.1. The van der Waals surface area contributed by atoms with Gasteiger partial charge in [0.2, 0.25) is 11.8 Å². The predicted octanol–water partition coefficient (Wildman–Crippen LogP) is 4.07. The number of carbonyl (C=O) groups is 5. The Morgan fingerprint density at radius 3 is 2.51 bits per heavy atom. The summed E-state index contributed by atoms with van der Waals surface area (Å²) in [7, 11) is -4.44. The van der Waals surface area contributed by atoms with E-state index < -0.39 is 64.4 Å². The van der Waals surface area contributed by atoms with E-state index in [4.69, 9.17) is 8.92 Å². The molecule has 4 rings (SSSR count). The summed E-state index contributed by atoms with van der Waals surface area (Å²) in [5.74, 6) is -2.16. The fourth-order valence-corrected chi connectivity index (χ4v) is 7.72. The Bertz CT molecular complexity index is 1720. The number of hydrogen-bond donors (Lipinski definition) is 4. The van der Waals surface area contributed by atoms with Gasteiger partial charge in [0, 0.05) is 19.6 Å². The lowest BCUT2D eigenvalue weighted by molar-refractivity contribution is -0.138. The van der Waals surface area contributed by atoms with Gasteiger partial charge >= 0.3 is 22.5 Å². The molecule has 1 saturated heterocycles. The van der Waals surface area contributed by atoms with Gasteiger partial charge in [-0.25, -0.2) is 18.5 Å². The fourth-order valence-electron chi connectivity index (χ4n) is 6.59. The maximum absolute atomic E-state index is 13.5. The molecule has 1 aromatic carbocycles. The van der Waals surface area contributed by atoms with Crippen molar-refractivity contribution < 1.29 is 46.4 Å². The molecule has 2 heterocycles. The van der Waals surface area contributed by atoms with Crippen molar-refractivity contribution in [2.75, 3.05) is 19.7 Å². The van der Waals surface area contributed by atoms with Crippen molar-refractivity contribution in [3.05, 3.63) is 59.2 Å². The molecule has 2 aliphatic heterocycles. The molecular weight excluding hydrogens is 706 g/mol. The number of nitrogens with zero attached hydrogens (tertiary/aromatic N) is 2. The van der Waals surface area contributed by atoms with Crippen LogP contribution in [0, 0.1) is 5.41 Å². The van der Waals surface area contributed by atoms with Crippen LogP contribution in [0.1, 0.15) is 95.8 Å². The Morgan fingerprint density at radius 1 is 1.13 bits per heavy atom. The highest BCUT2D eigenvalue weighted by Crippen LogP contribution is 2.39. The van der Waals surface area contributed by atoms with Crippen LogP contribution in [0.15, 0.2) is 42.5 Å². The number of hydrogen-bond acceptors (Lipinski definition) is 9. The molecule has 0 aromatic heterocycles. The molecule has 16 heteroatoms. The Hall–Kier alpha value is -4.44. The number of rotatable bonds is 18. The minimum atomic E-state index is -4.44. The molecule has 2 unspecified atom stereocenters. The third kappa shape index (κ3) is 12.3. The smallest absolute Gasteiger partial charge is 0.407 e. The Balaban J connectivity index is 1.24. The number of allylic oxidation sites excluding steroid dienone is 1. The average molecular weight is 760 g/mol. The lowest BCUT2D eigenvalue weighted by atomic mass is 9.87. The molecular formula is C37H53N5O10S. The Kier molecular flexibility index (Phi) is 13.4. The summed E-state index contributed by atoms with van der Waals surface area (Å²) >= 11 is 0. The lowest BCUT2D eigenvalue weighted by Crippen LogP contribution is -2.55. The van der Waals surface area contributed by atoms with Crippen LogP contribution in [0.3, 0.4) is 0 Å². The van der Waals surface area contributed by atoms with Crippen LogP contribution in [0.4, 0.5) is 9.59 Å². The van der Waals surface area contributed by atoms with E-state index in [0.29, 0.717) is 50.8 Å². The summed E-state index contributed by atoms with van der Waals surface area (Å²) in [5, 5.41) is 14.4. The molecule has 3 aliphatic rings. The Morgan fingerprint density at radius 2 is 1.85 bits per heavy atom. The molecule has 5 amide bonds. The van der Waals surface area contributed by atoms with Crippen molar-refractivity contribution in [3.8, 4) is 0 Å². The molecule has 1 saturated carbocycles. The number of nitrogens with one attached hydrogen (secondary N) is 3. The number of fused-ring (bicyclic) bond motifs is 1. The highest BCUT2D eigenvalue weighted by atomic mass is 32.2. The van der Waals surface area contributed by atoms with Crippen molar-refractivity contribution in [2.45, 2.75) is 116 Å². The monoisotopic (exact) mass is 759 g/mol. The third-order valence-electron chi connectivity index (χ3n) is 9.67. The van der Waals surface area contributed by atoms with E-state index in [9.17, 15) is 37.5 Å². The van der Waals surface area contributed by atoms with Gasteiger partial charge in [0.15, 0.2) is 0 Å². The minimum Gasteiger partial charge on any atom is -0.465 e. The molecule has 0 radical (unpaired) electrons. The van der Waals surface area contributed by atoms with Gasteiger partial charge in [0.25, 0.3) is 5.91 Å². The van der Waals surface area contributed by atoms with E-state index in [1.807, 2.05) is 36.8 Å². The van der Waals surface area contributed by atoms with Crippen molar-refractivity contribution in [2.24, 2.45) is 5.41 Å². The first-order valence-electron chi connectivity index (χ1n) is 17.9. The van der Waals surface area contributed by atoms with Crippen LogP contribution < -0.4 is 15.4 Å². The maximum Gasteiger partial charge on any atom is 0.407 e. The number of aryl methyl sites for hydroxylation is 1. The van der Waals surface area contributed by atoms with E-state index >= 15 is 0 Å². The highest BCUT2D eigenvalue weighted by molar-refractivity contribution is 7.85. The largest absolute Gasteiger partial charge is 0.465 e. The first-order chi connectivity index (χ1) is 24.8. The highest BCUT2D eigenvalue weighted by Gasteiger charge is 2.44. The van der Waals surface area contributed by atoms with Gasteiger partial charge in [0.05, 0.1) is 12.2 Å². The van der Waals surface area contributed by atoms with Gasteiger partial charge < -0.3 is 25.4 Å². The molecule has 4 N–H and O–H groups in total. The van der Waals surface area contributed by atoms with E-state index in [2.05, 4.69) is 23.8 Å². The second kappa shape index (κ2) is 17.1. The normalized spacial score (nSPS) is 18.1. The van der Waals surface area contributed by atoms with Gasteiger partial charge in [-0.2, -0.15) is 8.42 Å². The molecule has 2 atom stereocenters. The van der Waals surface area contributed by atoms with Crippen molar-refractivity contribution in [3.63, 3.8) is 0 Å². The summed E-state index contributed by atoms with van der Waals surface area (Å²) in [6.45, 7) is 15.8. The molecule has 15 nitrogen and oxygen atoms in total. The fraction of sp³-hybridized carbons (Fsp3) is 0.595. The summed E-state index contributed by atoms with van der Waals surface area (Å²) in [4.78, 5) is 66.5. The second-order valence-corrected chi connectivity index (χ2v) is 16.8. The second-order valence-electron chi connectivity index (χ2n) is 15.5. The van der Waals surface area contributed by atoms with Gasteiger partial charge in [-0.15, -0.1) is 0 Å². The van der Waals surface area contributed by atoms with Crippen LogP contribution in [0.2, 0.25) is 0 Å². The van der Waals surface area contributed by atoms with E-state index in [1.165, 1.54) is 9.80 Å². The van der Waals surface area contributed by atoms with Crippen molar-refractivity contribution >= 4 is 40.2 Å². The lowest BCUT2D eigenvalue weighted by Gasteiger charge is -2.27. The SMILES string of the molecule is C=C(C)CC(=C)CC(NC(=O)C1CCCN1C(=O)CNC(=O)OCC(C)(C)CCCc1cccc2c1CN(C(=O)O)C2)C(=O)NS(=O)(=O)OC1(C)CC1. The number of likely N-dealkylation sites (tertiary alicyclic amines) is 1. The number of alkyl carbamates (subject to hydrolysis) is 1. The first-order valence-corrected chi connectivity index (χ1v) is 19.3. The standard InChI is InChI=1S/C37H53N5O10S/c1-24(2)18-25(3)19-29(32(44)40-53(49,50)52-37(6)15-16-37)39-33(45)30-13-9-17-42(30)31(43)20-38-34(46)51-23-36(4,5)14-8-12-26-10-7-11-27-21-41(35(47)48)22-28(26)27/h7,10-11,29-30H,1,3,8-9,12-23H2,2,4-6H3,(H,38,46)(H,39,45)(H,40,44)(H,47,48). The molecule has 0 spiro atoms. The third-order valence-corrected chi connectivity index (χ3v) is 10.7. The first kappa shape index (κ1) is 41.3. The summed E-state index contributed by atoms with van der Waals surface area (Å²) < 4.78 is 37.5. The van der Waals surface area contributed by atoms with Crippen LogP contribution in [-0.4, -0.2) is 90.6 Å². The molecule has 1 aromatic rings. The maximum atomic E-state index is 13.5. The van der Waals surface area contributed by atoms with Crippen molar-refractivity contribution in [1.82, 2.24) is 25.2 Å². The quantitative estimate of drug-likeness (QED) is 0.158. The number of amides is 5. The zero-order valence-electron chi connectivity index (χ0n) is 31.1. The van der Waals surface area contributed by atoms with Gasteiger partial charge in [-0.05, 0) is 93.7 Å². The summed E-state index contributed by atoms with van der Waals surface area (Å²) in [6.07, 6.45) is 2.73. The predicted molar refractivity (Wildman–Crippen MR) is 195 cm³/mol. The molecule has 292 valence electrons. The van der Waals surface area contributed by atoms with Crippen LogP contribution >= 0.6 is 0 Å². The van der Waals surface area contributed by atoms with Gasteiger partial charge in [-0.3, -0.25) is 19.3 Å². The van der Waals surface area contributed by atoms with Gasteiger partial charge in [-0.1, -0.05) is 56.4 Å². The number of carboxylic acid groups (broad SMARTS) is 1. The van der Waals surface area contributed by atoms with E-state index in [-0.39, 0.29) is 25.0 Å². The molecule has 2 fully saturated rings. The van der Waals surface area contributed by atoms with Gasteiger partial charge in [0.1, 0.15) is 18.6 Å². The van der Waals surface area contributed by atoms with Crippen molar-refractivity contribution in [1.29, 1.82) is 0 Å². The summed E-state index contributed by atoms with van der Waals surface area (Å²) in [5.41, 5.74) is 3.27. The van der Waals surface area contributed by atoms with E-state index in [0.717, 1.165) is 41.5 Å². The number of benzene rings is 1. The van der Waals surface area contributed by atoms with Crippen LogP contribution in [0.5, 0.6) is 0 Å².